The Balaban J connectivity index is 2.31. The minimum absolute atomic E-state index is 0.0484. The molecule has 1 aromatic rings. The quantitative estimate of drug-likeness (QED) is 0.839. The number of ether oxygens (including phenoxy) is 1. The first-order valence-electron chi connectivity index (χ1n) is 5.91. The highest BCUT2D eigenvalue weighted by Crippen LogP contribution is 2.43. The predicted octanol–water partition coefficient (Wildman–Crippen LogP) is 0.519. The minimum atomic E-state index is -3.25. The first-order chi connectivity index (χ1) is 8.85. The molecule has 0 amide bonds. The lowest BCUT2D eigenvalue weighted by atomic mass is 10.1. The Morgan fingerprint density at radius 2 is 2.42 bits per heavy atom. The molecule has 0 bridgehead atoms. The molecule has 0 aromatic carbocycles. The third kappa shape index (κ3) is 2.59. The van der Waals surface area contributed by atoms with Gasteiger partial charge < -0.3 is 15.6 Å². The molecular formula is C11H15F2N3O3. The molecule has 1 aliphatic rings. The Morgan fingerprint density at radius 1 is 1.74 bits per heavy atom. The molecule has 3 N–H and O–H groups in total. The van der Waals surface area contributed by atoms with Gasteiger partial charge in [-0.15, -0.1) is 0 Å². The van der Waals surface area contributed by atoms with Crippen molar-refractivity contribution in [2.75, 3.05) is 5.73 Å². The maximum Gasteiger partial charge on any atom is 0.351 e. The van der Waals surface area contributed by atoms with Gasteiger partial charge in [-0.25, -0.2) is 13.6 Å². The summed E-state index contributed by atoms with van der Waals surface area (Å²) in [5.41, 5.74) is 4.39. The highest BCUT2D eigenvalue weighted by molar-refractivity contribution is 5.23. The fourth-order valence-corrected chi connectivity index (χ4v) is 2.05. The number of hydrogen-bond donors (Lipinski definition) is 2. The second-order valence-corrected chi connectivity index (χ2v) is 4.51. The van der Waals surface area contributed by atoms with Gasteiger partial charge in [-0.3, -0.25) is 4.57 Å². The van der Waals surface area contributed by atoms with Crippen LogP contribution in [0, 0.1) is 0 Å². The molecule has 0 radical (unpaired) electrons. The summed E-state index contributed by atoms with van der Waals surface area (Å²) in [7, 11) is 0. The second kappa shape index (κ2) is 4.86. The molecule has 6 nitrogen and oxygen atoms in total. The molecule has 0 aliphatic carbocycles. The van der Waals surface area contributed by atoms with E-state index in [2.05, 4.69) is 4.98 Å². The monoisotopic (exact) mass is 275 g/mol. The van der Waals surface area contributed by atoms with E-state index in [4.69, 9.17) is 10.5 Å². The number of rotatable bonds is 3. The van der Waals surface area contributed by atoms with Crippen LogP contribution in [0.1, 0.15) is 26.0 Å². The summed E-state index contributed by atoms with van der Waals surface area (Å²) < 4.78 is 33.5. The number of hydrogen-bond acceptors (Lipinski definition) is 5. The van der Waals surface area contributed by atoms with Crippen LogP contribution in [-0.2, 0) is 4.74 Å². The summed E-state index contributed by atoms with van der Waals surface area (Å²) in [6.45, 7) is 1.66. The van der Waals surface area contributed by atoms with Gasteiger partial charge in [-0.1, -0.05) is 6.92 Å². The van der Waals surface area contributed by atoms with Crippen LogP contribution in [-0.4, -0.2) is 32.8 Å². The summed E-state index contributed by atoms with van der Waals surface area (Å²) in [6, 6.07) is 1.24. The summed E-state index contributed by atoms with van der Waals surface area (Å²) >= 11 is 0. The molecule has 1 saturated heterocycles. The summed E-state index contributed by atoms with van der Waals surface area (Å²) in [6.07, 6.45) is -2.99. The molecule has 0 unspecified atom stereocenters. The molecule has 1 aromatic heterocycles. The molecule has 0 spiro atoms. The van der Waals surface area contributed by atoms with Crippen molar-refractivity contribution in [1.82, 2.24) is 9.55 Å². The minimum Gasteiger partial charge on any atom is -0.390 e. The third-order valence-electron chi connectivity index (χ3n) is 3.09. The lowest BCUT2D eigenvalue weighted by molar-refractivity contribution is -0.127. The summed E-state index contributed by atoms with van der Waals surface area (Å²) in [4.78, 5) is 14.9. The first-order valence-corrected chi connectivity index (χ1v) is 5.91. The van der Waals surface area contributed by atoms with Crippen molar-refractivity contribution in [3.05, 3.63) is 22.7 Å². The molecule has 0 saturated carbocycles. The molecule has 2 heterocycles. The smallest absolute Gasteiger partial charge is 0.351 e. The van der Waals surface area contributed by atoms with E-state index in [9.17, 15) is 18.7 Å². The van der Waals surface area contributed by atoms with Crippen molar-refractivity contribution in [3.8, 4) is 0 Å². The third-order valence-corrected chi connectivity index (χ3v) is 3.09. The number of nitrogens with zero attached hydrogens (tertiary/aromatic N) is 2. The zero-order valence-electron chi connectivity index (χ0n) is 10.3. The average Bonchev–Trinajstić information content (AvgIpc) is 2.64. The van der Waals surface area contributed by atoms with Gasteiger partial charge in [0.05, 0.1) is 12.2 Å². The van der Waals surface area contributed by atoms with Crippen molar-refractivity contribution < 1.29 is 18.6 Å². The average molecular weight is 275 g/mol. The largest absolute Gasteiger partial charge is 0.390 e. The Morgan fingerprint density at radius 3 is 3.00 bits per heavy atom. The number of nitrogen functional groups attached to an aromatic ring is 1. The van der Waals surface area contributed by atoms with Crippen LogP contribution in [0.2, 0.25) is 0 Å². The van der Waals surface area contributed by atoms with Crippen molar-refractivity contribution in [3.63, 3.8) is 0 Å². The lowest BCUT2D eigenvalue weighted by Gasteiger charge is -2.20. The Kier molecular flexibility index (Phi) is 3.55. The molecule has 1 fully saturated rings. The molecule has 2 rings (SSSR count). The van der Waals surface area contributed by atoms with E-state index in [1.165, 1.54) is 6.07 Å². The molecule has 106 valence electrons. The highest BCUT2D eigenvalue weighted by atomic mass is 19.3. The first kappa shape index (κ1) is 13.9. The van der Waals surface area contributed by atoms with Gasteiger partial charge in [0.1, 0.15) is 5.82 Å². The number of alkyl halides is 2. The van der Waals surface area contributed by atoms with Gasteiger partial charge >= 0.3 is 5.69 Å². The number of aliphatic hydroxyl groups is 1. The zero-order chi connectivity index (χ0) is 14.2. The number of halogens is 2. The van der Waals surface area contributed by atoms with Crippen LogP contribution < -0.4 is 11.4 Å². The van der Waals surface area contributed by atoms with Crippen molar-refractivity contribution in [2.24, 2.45) is 0 Å². The Hall–Kier alpha value is -1.54. The molecule has 3 atom stereocenters. The number of nitrogens with two attached hydrogens (primary N) is 1. The number of anilines is 1. The van der Waals surface area contributed by atoms with Crippen LogP contribution >= 0.6 is 0 Å². The van der Waals surface area contributed by atoms with Crippen molar-refractivity contribution >= 4 is 5.82 Å². The van der Waals surface area contributed by atoms with E-state index in [-0.39, 0.29) is 5.82 Å². The number of aliphatic hydroxyl groups excluding tert-OH is 1. The van der Waals surface area contributed by atoms with Crippen LogP contribution in [0.15, 0.2) is 17.1 Å². The predicted molar refractivity (Wildman–Crippen MR) is 62.7 cm³/mol. The zero-order valence-corrected chi connectivity index (χ0v) is 10.3. The van der Waals surface area contributed by atoms with Crippen LogP contribution in [0.3, 0.4) is 0 Å². The van der Waals surface area contributed by atoms with E-state index in [0.29, 0.717) is 11.0 Å². The normalized spacial score (nSPS) is 27.4. The van der Waals surface area contributed by atoms with Crippen molar-refractivity contribution in [2.45, 2.75) is 44.1 Å². The molecular weight excluding hydrogens is 260 g/mol. The fraction of sp³-hybridized carbons (Fsp3) is 0.636. The van der Waals surface area contributed by atoms with E-state index in [1.54, 1.807) is 6.92 Å². The van der Waals surface area contributed by atoms with E-state index >= 15 is 0 Å². The van der Waals surface area contributed by atoms with Crippen LogP contribution in [0.25, 0.3) is 0 Å². The molecule has 1 aliphatic heterocycles. The summed E-state index contributed by atoms with van der Waals surface area (Å²) in [5.74, 6) is -3.30. The van der Waals surface area contributed by atoms with E-state index in [1.807, 2.05) is 0 Å². The van der Waals surface area contributed by atoms with Gasteiger partial charge in [0, 0.05) is 12.6 Å². The fourth-order valence-electron chi connectivity index (χ4n) is 2.05. The van der Waals surface area contributed by atoms with Gasteiger partial charge in [-0.05, 0) is 12.5 Å². The molecule has 8 heteroatoms. The van der Waals surface area contributed by atoms with Crippen LogP contribution in [0.4, 0.5) is 14.6 Å². The van der Waals surface area contributed by atoms with Gasteiger partial charge in [0.2, 0.25) is 6.23 Å². The standard InChI is InChI=1S/C11H15F2N3O3/c1-2-6(17)7-5-11(12,13)9(19-7)16-4-3-8(14)15-10(16)18/h3-4,6-7,9,17H,2,5H2,1H3,(H2,14,15,18)/t6-,7-,9+/m0/s1. The lowest BCUT2D eigenvalue weighted by Crippen LogP contribution is -2.35. The summed E-state index contributed by atoms with van der Waals surface area (Å²) in [5, 5.41) is 9.59. The SMILES string of the molecule is CC[C@H](O)[C@@H]1CC(F)(F)[C@H](n2ccc(N)nc2=O)O1. The maximum absolute atomic E-state index is 13.9. The van der Waals surface area contributed by atoms with E-state index < -0.39 is 36.5 Å². The van der Waals surface area contributed by atoms with Gasteiger partial charge in [0.15, 0.2) is 0 Å². The van der Waals surface area contributed by atoms with Crippen molar-refractivity contribution in [1.29, 1.82) is 0 Å². The van der Waals surface area contributed by atoms with Gasteiger partial charge in [-0.2, -0.15) is 4.98 Å². The second-order valence-electron chi connectivity index (χ2n) is 4.51. The Labute approximate surface area is 107 Å². The number of aromatic nitrogens is 2. The highest BCUT2D eigenvalue weighted by Gasteiger charge is 2.53. The maximum atomic E-state index is 13.9. The Bertz CT molecular complexity index is 520. The van der Waals surface area contributed by atoms with Crippen LogP contribution in [0.5, 0.6) is 0 Å². The van der Waals surface area contributed by atoms with Gasteiger partial charge in [0.25, 0.3) is 5.92 Å². The molecule has 19 heavy (non-hydrogen) atoms. The van der Waals surface area contributed by atoms with E-state index in [0.717, 1.165) is 6.20 Å². The topological polar surface area (TPSA) is 90.4 Å².